The minimum absolute atomic E-state index is 0. The van der Waals surface area contributed by atoms with E-state index >= 15 is 0 Å². The van der Waals surface area contributed by atoms with Crippen LogP contribution < -0.4 is 62.4 Å². The van der Waals surface area contributed by atoms with Crippen LogP contribution in [0.2, 0.25) is 12.1 Å². The number of hydrogen-bond acceptors (Lipinski definition) is 41. The molecule has 0 aromatic rings. The van der Waals surface area contributed by atoms with Crippen LogP contribution in [-0.4, -0.2) is 416 Å². The van der Waals surface area contributed by atoms with Crippen LogP contribution in [0.15, 0.2) is 0 Å². The zero-order chi connectivity index (χ0) is 73.7. The molecule has 5 saturated heterocycles. The van der Waals surface area contributed by atoms with E-state index in [1.807, 2.05) is 41.5 Å². The zero-order valence-corrected chi connectivity index (χ0v) is 61.4. The minimum atomic E-state index is -2.94. The fourth-order valence-electron chi connectivity index (χ4n) is 10.2. The molecule has 0 bridgehead atoms. The number of ether oxygens (including phenoxy) is 8. The number of nitrogens with one attached hydrogen (secondary N) is 1. The van der Waals surface area contributed by atoms with Crippen molar-refractivity contribution in [3.05, 3.63) is 0 Å². The van der Waals surface area contributed by atoms with Crippen molar-refractivity contribution in [2.75, 3.05) is 92.4 Å². The fourth-order valence-corrected chi connectivity index (χ4v) is 15.4. The largest absolute Gasteiger partial charge is 1.00 e. The SMILES string of the molecule is C.C.CCO[Si](CCCN)(OCC)OCC.CCO[Si](CCCNC(=O)C(O)C(O)C(OC1OC(CO)C(O)C(O)C1O)C(O)CO)(OCC)OCC.O=C1OC(CO)C(OC2OC(CO)C(O)C(O)C2O)C(O)C1O.OCC1OC(OC2C(CO)OC(O)C(O)C2O)C(O)C(O)C1O.[K+].[OH-]. The standard InChI is InChI=1S/C21H43NO14Si.C12H22O11.C12H20O11.C9H23NO3Si.2CH4.K.H2O/c1-4-32-37(33-5-2,34-6-3)9-7-8-22-20(31)17(29)16(28)19(12(25)10-23)36-21-18(30)15(27)14(26)13(11-24)35-21;2*13-1-3-5(15)6(16)9(19)12(22-3)23-10-4(2-14)21-11(20)8(18)7(10)17;1-4-11-14(12-5-2,13-6-3)9-7-8-10;;;;/h12-19,21,23-30H,4-11H2,1-3H3,(H,22,31);3-20H,1-2H2;3-10,12-19H,1-2H2;4-10H2,1-3H3;2*1H4;;1H2/q;;;;;;+1;/p-1. The Labute approximate surface area is 630 Å². The van der Waals surface area contributed by atoms with Crippen LogP contribution in [0.1, 0.15) is 69.2 Å². The smallest absolute Gasteiger partial charge is 0.870 e. The molecule has 600 valence electrons. The quantitative estimate of drug-likeness (QED) is 0.0159. The van der Waals surface area contributed by atoms with Crippen molar-refractivity contribution in [1.82, 2.24) is 5.32 Å². The minimum Gasteiger partial charge on any atom is -0.870 e. The molecule has 27 N–H and O–H groups in total. The summed E-state index contributed by atoms with van der Waals surface area (Å²) in [5.74, 6) is -2.17. The summed E-state index contributed by atoms with van der Waals surface area (Å²) in [7, 11) is -5.34. The molecule has 0 aliphatic carbocycles. The number of hydrogen-bond donors (Lipinski definition) is 25. The van der Waals surface area contributed by atoms with Gasteiger partial charge in [-0.25, -0.2) is 4.79 Å². The van der Waals surface area contributed by atoms with Gasteiger partial charge in [-0.15, -0.1) is 0 Å². The monoisotopic (exact) mass is 1550 g/mol. The molecule has 0 aromatic heterocycles. The van der Waals surface area contributed by atoms with E-state index < -0.39 is 241 Å². The Hall–Kier alpha value is -0.510. The number of esters is 1. The molecule has 0 radical (unpaired) electrons. The molecule has 1 amide bonds. The van der Waals surface area contributed by atoms with Crippen molar-refractivity contribution < 1.29 is 248 Å². The van der Waals surface area contributed by atoms with Gasteiger partial charge in [0.05, 0.1) is 39.6 Å². The molecule has 101 heavy (non-hydrogen) atoms. The summed E-state index contributed by atoms with van der Waals surface area (Å²) in [6, 6.07) is 1.20. The second-order valence-corrected chi connectivity index (χ2v) is 27.6. The third-order valence-electron chi connectivity index (χ3n) is 15.3. The number of amides is 1. The van der Waals surface area contributed by atoms with E-state index in [0.29, 0.717) is 58.7 Å². The molecule has 5 heterocycles. The molecule has 42 nitrogen and oxygen atoms in total. The van der Waals surface area contributed by atoms with Gasteiger partial charge >= 0.3 is 75.0 Å². The second kappa shape index (κ2) is 53.4. The Bertz CT molecular complexity index is 2090. The van der Waals surface area contributed by atoms with Gasteiger partial charge in [0.1, 0.15) is 128 Å². The Morgan fingerprint density at radius 2 is 0.842 bits per heavy atom. The van der Waals surface area contributed by atoms with Gasteiger partial charge in [-0.05, 0) is 60.9 Å². The summed E-state index contributed by atoms with van der Waals surface area (Å²) in [4.78, 5) is 23.7. The maximum atomic E-state index is 12.5. The topological polar surface area (TPSA) is 697 Å². The van der Waals surface area contributed by atoms with Crippen LogP contribution in [0.5, 0.6) is 0 Å². The van der Waals surface area contributed by atoms with Gasteiger partial charge in [-0.3, -0.25) is 4.79 Å². The van der Waals surface area contributed by atoms with Gasteiger partial charge in [-0.2, -0.15) is 0 Å². The number of rotatable bonds is 35. The number of cyclic esters (lactones) is 1. The molecule has 28 atom stereocenters. The summed E-state index contributed by atoms with van der Waals surface area (Å²) < 4.78 is 74.9. The summed E-state index contributed by atoms with van der Waals surface area (Å²) in [6.45, 7) is 10.6. The number of aliphatic hydroxyl groups is 23. The first-order valence-corrected chi connectivity index (χ1v) is 35.6. The Morgan fingerprint density at radius 1 is 0.485 bits per heavy atom. The fraction of sp³-hybridized carbons (Fsp3) is 0.964. The van der Waals surface area contributed by atoms with Gasteiger partial charge in [0.25, 0.3) is 5.91 Å². The van der Waals surface area contributed by atoms with Crippen LogP contribution in [0.3, 0.4) is 0 Å². The predicted molar refractivity (Wildman–Crippen MR) is 338 cm³/mol. The first kappa shape index (κ1) is 105. The molecule has 28 unspecified atom stereocenters. The van der Waals surface area contributed by atoms with Crippen LogP contribution in [0.25, 0.3) is 0 Å². The first-order chi connectivity index (χ1) is 45.9. The molecular weight excluding hydrogens is 1440 g/mol. The van der Waals surface area contributed by atoms with Crippen LogP contribution >= 0.6 is 0 Å². The summed E-state index contributed by atoms with van der Waals surface area (Å²) in [6.07, 6.45) is -45.2. The molecule has 0 saturated carbocycles. The van der Waals surface area contributed by atoms with E-state index in [2.05, 4.69) is 10.1 Å². The first-order valence-electron chi connectivity index (χ1n) is 31.7. The summed E-state index contributed by atoms with van der Waals surface area (Å²) >= 11 is 0. The van der Waals surface area contributed by atoms with Crippen molar-refractivity contribution in [1.29, 1.82) is 0 Å². The third kappa shape index (κ3) is 30.4. The van der Waals surface area contributed by atoms with Crippen molar-refractivity contribution in [3.63, 3.8) is 0 Å². The van der Waals surface area contributed by atoms with Gasteiger partial charge < -0.3 is 198 Å². The van der Waals surface area contributed by atoms with E-state index in [1.54, 1.807) is 0 Å². The maximum absolute atomic E-state index is 12.5. The van der Waals surface area contributed by atoms with E-state index in [9.17, 15) is 117 Å². The van der Waals surface area contributed by atoms with Gasteiger partial charge in [0.15, 0.2) is 43.5 Å². The number of carbonyl (C=O) groups is 2. The Kier molecular flexibility index (Phi) is 55.3. The second-order valence-electron chi connectivity index (χ2n) is 22.2. The summed E-state index contributed by atoms with van der Waals surface area (Å²) in [5.41, 5.74) is 5.48. The number of aliphatic hydroxyl groups excluding tert-OH is 23. The van der Waals surface area contributed by atoms with Crippen molar-refractivity contribution in [2.24, 2.45) is 5.73 Å². The molecule has 0 spiro atoms. The van der Waals surface area contributed by atoms with Gasteiger partial charge in [0, 0.05) is 58.3 Å². The van der Waals surface area contributed by atoms with E-state index in [4.69, 9.17) is 75.7 Å². The Balaban J connectivity index is -0.00000132. The van der Waals surface area contributed by atoms with E-state index in [0.717, 1.165) is 12.5 Å². The van der Waals surface area contributed by atoms with Gasteiger partial charge in [-0.1, -0.05) is 14.9 Å². The number of carbonyl (C=O) groups excluding carboxylic acids is 2. The average molecular weight is 1550 g/mol. The third-order valence-corrected chi connectivity index (χ3v) is 21.6. The van der Waals surface area contributed by atoms with Crippen LogP contribution in [0, 0.1) is 0 Å². The van der Waals surface area contributed by atoms with Crippen molar-refractivity contribution in [2.45, 2.75) is 253 Å². The van der Waals surface area contributed by atoms with Crippen molar-refractivity contribution in [3.8, 4) is 0 Å². The molecule has 5 rings (SSSR count). The van der Waals surface area contributed by atoms with E-state index in [-0.39, 0.29) is 78.3 Å². The molecular formula is C56H117KN2O40Si2. The van der Waals surface area contributed by atoms with E-state index in [1.165, 1.54) is 0 Å². The maximum Gasteiger partial charge on any atom is 1.00 e. The summed E-state index contributed by atoms with van der Waals surface area (Å²) in [5, 5.41) is 225. The van der Waals surface area contributed by atoms with Crippen LogP contribution in [0.4, 0.5) is 0 Å². The normalized spacial score (nSPS) is 34.6. The number of nitrogens with two attached hydrogens (primary N) is 1. The average Bonchev–Trinajstić information content (AvgIpc) is 0.801. The molecule has 5 aliphatic heterocycles. The zero-order valence-electron chi connectivity index (χ0n) is 56.2. The molecule has 5 fully saturated rings. The molecule has 0 aromatic carbocycles. The Morgan fingerprint density at radius 3 is 1.20 bits per heavy atom. The van der Waals surface area contributed by atoms with Gasteiger partial charge in [0.2, 0.25) is 0 Å². The molecule has 45 heteroatoms. The van der Waals surface area contributed by atoms with Crippen molar-refractivity contribution >= 4 is 29.5 Å². The molecule has 5 aliphatic rings. The predicted octanol–water partition coefficient (Wildman–Crippen LogP) is -15.3. The van der Waals surface area contributed by atoms with Crippen LogP contribution in [-0.2, 0) is 74.0 Å².